The molecular formula is C18H32. The Morgan fingerprint density at radius 1 is 0.556 bits per heavy atom. The van der Waals surface area contributed by atoms with Gasteiger partial charge in [-0.05, 0) is 74.0 Å². The highest BCUT2D eigenvalue weighted by Gasteiger charge is 2.25. The van der Waals surface area contributed by atoms with Crippen LogP contribution < -0.4 is 0 Å². The predicted octanol–water partition coefficient (Wildman–Crippen LogP) is 5.69. The molecule has 0 heterocycles. The average Bonchev–Trinajstić information content (AvgIpc) is 2.35. The normalized spacial score (nSPS) is 46.4. The molecule has 2 aliphatic carbocycles. The van der Waals surface area contributed by atoms with Crippen LogP contribution in [0.25, 0.3) is 0 Å². The zero-order valence-corrected chi connectivity index (χ0v) is 12.9. The summed E-state index contributed by atoms with van der Waals surface area (Å²) < 4.78 is 0. The van der Waals surface area contributed by atoms with E-state index in [4.69, 9.17) is 0 Å². The fourth-order valence-electron chi connectivity index (χ4n) is 3.84. The third kappa shape index (κ3) is 3.62. The monoisotopic (exact) mass is 248 g/mol. The van der Waals surface area contributed by atoms with E-state index in [1.54, 1.807) is 0 Å². The molecule has 2 fully saturated rings. The third-order valence-corrected chi connectivity index (χ3v) is 5.93. The fraction of sp³-hybridized carbons (Fsp3) is 0.889. The van der Waals surface area contributed by atoms with Gasteiger partial charge in [0.15, 0.2) is 0 Å². The van der Waals surface area contributed by atoms with E-state index in [1.807, 2.05) is 0 Å². The van der Waals surface area contributed by atoms with Gasteiger partial charge in [-0.1, -0.05) is 39.8 Å². The molecule has 0 nitrogen and oxygen atoms in total. The molecule has 0 aliphatic heterocycles. The second-order valence-electron chi connectivity index (χ2n) is 7.44. The van der Waals surface area contributed by atoms with Crippen LogP contribution in [0.3, 0.4) is 0 Å². The Kier molecular flexibility index (Phi) is 4.92. The van der Waals surface area contributed by atoms with Gasteiger partial charge in [0.1, 0.15) is 0 Å². The van der Waals surface area contributed by atoms with Gasteiger partial charge >= 0.3 is 0 Å². The molecule has 2 rings (SSSR count). The molecule has 6 unspecified atom stereocenters. The molecule has 0 amide bonds. The molecule has 0 N–H and O–H groups in total. The average molecular weight is 248 g/mol. The smallest absolute Gasteiger partial charge is 0.0231 e. The Labute approximate surface area is 114 Å². The SMILES string of the molecule is CC1CCC(C=CC2CCC(C)C(C)C2)CC1C. The molecule has 0 aromatic carbocycles. The minimum absolute atomic E-state index is 0.880. The van der Waals surface area contributed by atoms with E-state index in [1.165, 1.54) is 38.5 Å². The van der Waals surface area contributed by atoms with Crippen LogP contribution in [0, 0.1) is 35.5 Å². The van der Waals surface area contributed by atoms with Crippen molar-refractivity contribution in [2.45, 2.75) is 66.2 Å². The molecule has 2 saturated carbocycles. The summed E-state index contributed by atoms with van der Waals surface area (Å²) in [6, 6.07) is 0. The summed E-state index contributed by atoms with van der Waals surface area (Å²) in [5, 5.41) is 0. The number of rotatable bonds is 2. The molecule has 0 aromatic heterocycles. The summed E-state index contributed by atoms with van der Waals surface area (Å²) in [6.45, 7) is 9.73. The van der Waals surface area contributed by atoms with E-state index in [0.29, 0.717) is 0 Å². The molecule has 0 spiro atoms. The maximum Gasteiger partial charge on any atom is -0.0231 e. The first-order valence-corrected chi connectivity index (χ1v) is 8.24. The van der Waals surface area contributed by atoms with E-state index in [2.05, 4.69) is 39.8 Å². The van der Waals surface area contributed by atoms with Crippen molar-refractivity contribution in [3.63, 3.8) is 0 Å². The van der Waals surface area contributed by atoms with Gasteiger partial charge < -0.3 is 0 Å². The Morgan fingerprint density at radius 2 is 0.944 bits per heavy atom. The summed E-state index contributed by atoms with van der Waals surface area (Å²) in [6.07, 6.45) is 13.8. The lowest BCUT2D eigenvalue weighted by Gasteiger charge is -2.32. The first-order valence-electron chi connectivity index (χ1n) is 8.24. The standard InChI is InChI=1S/C18H32/c1-13-5-7-17(11-15(13)3)9-10-18-8-6-14(2)16(4)12-18/h9-10,13-18H,5-8,11-12H2,1-4H3. The van der Waals surface area contributed by atoms with Gasteiger partial charge in [0, 0.05) is 0 Å². The Balaban J connectivity index is 1.80. The van der Waals surface area contributed by atoms with Crippen LogP contribution in [0.5, 0.6) is 0 Å². The van der Waals surface area contributed by atoms with Crippen molar-refractivity contribution in [2.75, 3.05) is 0 Å². The fourth-order valence-corrected chi connectivity index (χ4v) is 3.84. The minimum atomic E-state index is 0.880. The van der Waals surface area contributed by atoms with Gasteiger partial charge in [-0.15, -0.1) is 0 Å². The minimum Gasteiger partial charge on any atom is -0.0851 e. The second kappa shape index (κ2) is 6.26. The first-order chi connectivity index (χ1) is 8.56. The van der Waals surface area contributed by atoms with Gasteiger partial charge in [-0.2, -0.15) is 0 Å². The molecule has 104 valence electrons. The summed E-state index contributed by atoms with van der Waals surface area (Å²) in [7, 11) is 0. The lowest BCUT2D eigenvalue weighted by atomic mass is 9.73. The van der Waals surface area contributed by atoms with Gasteiger partial charge in [0.25, 0.3) is 0 Å². The highest BCUT2D eigenvalue weighted by molar-refractivity contribution is 4.97. The largest absolute Gasteiger partial charge is 0.0851 e. The molecule has 0 aromatic rings. The first kappa shape index (κ1) is 14.2. The van der Waals surface area contributed by atoms with E-state index in [-0.39, 0.29) is 0 Å². The zero-order valence-electron chi connectivity index (χ0n) is 12.9. The predicted molar refractivity (Wildman–Crippen MR) is 80.5 cm³/mol. The van der Waals surface area contributed by atoms with Crippen LogP contribution in [0.15, 0.2) is 12.2 Å². The maximum absolute atomic E-state index is 2.58. The van der Waals surface area contributed by atoms with Crippen molar-refractivity contribution in [3.8, 4) is 0 Å². The van der Waals surface area contributed by atoms with Crippen molar-refractivity contribution >= 4 is 0 Å². The Bertz CT molecular complexity index is 250. The molecule has 0 radical (unpaired) electrons. The zero-order chi connectivity index (χ0) is 13.1. The molecule has 18 heavy (non-hydrogen) atoms. The van der Waals surface area contributed by atoms with Crippen molar-refractivity contribution < 1.29 is 0 Å². The van der Waals surface area contributed by atoms with Crippen molar-refractivity contribution in [1.82, 2.24) is 0 Å². The maximum atomic E-state index is 2.58. The van der Waals surface area contributed by atoms with Crippen molar-refractivity contribution in [2.24, 2.45) is 35.5 Å². The second-order valence-corrected chi connectivity index (χ2v) is 7.44. The summed E-state index contributed by atoms with van der Waals surface area (Å²) >= 11 is 0. The van der Waals surface area contributed by atoms with Crippen LogP contribution in [0.1, 0.15) is 66.2 Å². The molecular weight excluding hydrogens is 216 g/mol. The van der Waals surface area contributed by atoms with Crippen LogP contribution in [0.4, 0.5) is 0 Å². The number of allylic oxidation sites excluding steroid dienone is 2. The Morgan fingerprint density at radius 3 is 1.28 bits per heavy atom. The van der Waals surface area contributed by atoms with E-state index in [9.17, 15) is 0 Å². The molecule has 0 bridgehead atoms. The van der Waals surface area contributed by atoms with Crippen LogP contribution >= 0.6 is 0 Å². The van der Waals surface area contributed by atoms with Gasteiger partial charge in [-0.3, -0.25) is 0 Å². The summed E-state index contributed by atoms with van der Waals surface area (Å²) in [4.78, 5) is 0. The van der Waals surface area contributed by atoms with Crippen molar-refractivity contribution in [3.05, 3.63) is 12.2 Å². The van der Waals surface area contributed by atoms with Crippen LogP contribution in [-0.4, -0.2) is 0 Å². The summed E-state index contributed by atoms with van der Waals surface area (Å²) in [5.41, 5.74) is 0. The quantitative estimate of drug-likeness (QED) is 0.551. The molecule has 6 atom stereocenters. The van der Waals surface area contributed by atoms with E-state index < -0.39 is 0 Å². The molecule has 0 heteroatoms. The van der Waals surface area contributed by atoms with E-state index in [0.717, 1.165) is 35.5 Å². The van der Waals surface area contributed by atoms with Gasteiger partial charge in [-0.25, -0.2) is 0 Å². The topological polar surface area (TPSA) is 0 Å². The summed E-state index contributed by atoms with van der Waals surface area (Å²) in [5.74, 6) is 5.52. The van der Waals surface area contributed by atoms with Crippen molar-refractivity contribution in [1.29, 1.82) is 0 Å². The van der Waals surface area contributed by atoms with E-state index >= 15 is 0 Å². The highest BCUT2D eigenvalue weighted by Crippen LogP contribution is 2.36. The Hall–Kier alpha value is -0.260. The van der Waals surface area contributed by atoms with Crippen LogP contribution in [-0.2, 0) is 0 Å². The number of hydrogen-bond donors (Lipinski definition) is 0. The molecule has 0 saturated heterocycles. The van der Waals surface area contributed by atoms with Gasteiger partial charge in [0.05, 0.1) is 0 Å². The highest BCUT2D eigenvalue weighted by atomic mass is 14.3. The molecule has 2 aliphatic rings. The number of hydrogen-bond acceptors (Lipinski definition) is 0. The van der Waals surface area contributed by atoms with Gasteiger partial charge in [0.2, 0.25) is 0 Å². The lowest BCUT2D eigenvalue weighted by Crippen LogP contribution is -2.21. The van der Waals surface area contributed by atoms with Crippen LogP contribution in [0.2, 0.25) is 0 Å². The third-order valence-electron chi connectivity index (χ3n) is 5.93. The lowest BCUT2D eigenvalue weighted by molar-refractivity contribution is 0.228.